The summed E-state index contributed by atoms with van der Waals surface area (Å²) in [6.07, 6.45) is 0.621. The van der Waals surface area contributed by atoms with Crippen LogP contribution in [0.4, 0.5) is 0 Å². The Morgan fingerprint density at radius 1 is 1.37 bits per heavy atom. The van der Waals surface area contributed by atoms with Crippen molar-refractivity contribution in [3.05, 3.63) is 40.2 Å². The first kappa shape index (κ1) is 18.4. The highest BCUT2D eigenvalue weighted by Crippen LogP contribution is 2.23. The van der Waals surface area contributed by atoms with Crippen LogP contribution in [0.1, 0.15) is 18.4 Å². The molecule has 27 heavy (non-hydrogen) atoms. The molecule has 1 fully saturated rings. The van der Waals surface area contributed by atoms with Crippen LogP contribution >= 0.6 is 0 Å². The van der Waals surface area contributed by atoms with Gasteiger partial charge in [-0.15, -0.1) is 0 Å². The van der Waals surface area contributed by atoms with Crippen molar-refractivity contribution in [2.24, 2.45) is 5.73 Å². The van der Waals surface area contributed by atoms with Gasteiger partial charge in [-0.25, -0.2) is 4.79 Å². The summed E-state index contributed by atoms with van der Waals surface area (Å²) < 4.78 is 10.3. The molecule has 0 saturated carbocycles. The number of ether oxygens (including phenoxy) is 1. The molecule has 1 aliphatic rings. The number of hydrogen-bond acceptors (Lipinski definition) is 6. The van der Waals surface area contributed by atoms with E-state index in [1.807, 2.05) is 0 Å². The van der Waals surface area contributed by atoms with Gasteiger partial charge in [-0.2, -0.15) is 0 Å². The zero-order valence-electron chi connectivity index (χ0n) is 14.6. The summed E-state index contributed by atoms with van der Waals surface area (Å²) in [5.41, 5.74) is 5.63. The molecule has 142 valence electrons. The highest BCUT2D eigenvalue weighted by molar-refractivity contribution is 5.94. The van der Waals surface area contributed by atoms with Crippen LogP contribution in [-0.4, -0.2) is 36.9 Å². The van der Waals surface area contributed by atoms with E-state index in [9.17, 15) is 19.2 Å². The number of rotatable bonds is 6. The van der Waals surface area contributed by atoms with E-state index in [1.54, 1.807) is 18.2 Å². The lowest BCUT2D eigenvalue weighted by atomic mass is 10.0. The average Bonchev–Trinajstić information content (AvgIpc) is 3.06. The molecule has 0 spiro atoms. The number of carbonyl (C=O) groups excluding carboxylic acids is 3. The molecule has 1 aromatic heterocycles. The molecule has 1 aromatic carbocycles. The number of carbonyl (C=O) groups is 3. The molecule has 0 aliphatic carbocycles. The molecule has 4 N–H and O–H groups in total. The Hall–Kier alpha value is -3.36. The summed E-state index contributed by atoms with van der Waals surface area (Å²) >= 11 is 0. The number of fused-ring (bicyclic) bond motifs is 1. The van der Waals surface area contributed by atoms with Crippen LogP contribution in [0.2, 0.25) is 0 Å². The summed E-state index contributed by atoms with van der Waals surface area (Å²) in [5.74, 6) is -0.938. The zero-order chi connectivity index (χ0) is 19.6. The van der Waals surface area contributed by atoms with Crippen molar-refractivity contribution in [3.63, 3.8) is 0 Å². The minimum atomic E-state index is -1.04. The fourth-order valence-corrected chi connectivity index (χ4v) is 3.03. The maximum absolute atomic E-state index is 12.3. The van der Waals surface area contributed by atoms with Crippen LogP contribution in [0.25, 0.3) is 11.0 Å². The Bertz CT molecular complexity index is 967. The molecule has 2 aromatic rings. The van der Waals surface area contributed by atoms with Gasteiger partial charge in [0.2, 0.25) is 17.7 Å². The quantitative estimate of drug-likeness (QED) is 0.588. The van der Waals surface area contributed by atoms with E-state index < -0.39 is 29.5 Å². The lowest BCUT2D eigenvalue weighted by Crippen LogP contribution is -2.51. The van der Waals surface area contributed by atoms with E-state index >= 15 is 0 Å². The summed E-state index contributed by atoms with van der Waals surface area (Å²) in [6.45, 7) is 0. The van der Waals surface area contributed by atoms with Gasteiger partial charge < -0.3 is 25.5 Å². The molecule has 1 aliphatic heterocycles. The molecule has 3 amide bonds. The minimum absolute atomic E-state index is 0.0101. The van der Waals surface area contributed by atoms with Crippen molar-refractivity contribution < 1.29 is 23.5 Å². The van der Waals surface area contributed by atoms with E-state index in [2.05, 4.69) is 10.6 Å². The highest BCUT2D eigenvalue weighted by Gasteiger charge is 2.30. The van der Waals surface area contributed by atoms with Crippen molar-refractivity contribution in [2.75, 3.05) is 7.11 Å². The Morgan fingerprint density at radius 2 is 2.15 bits per heavy atom. The SMILES string of the molecule is COc1ccc2c(C[C@@H](NC(=O)[C@@H]3CCC(=O)N3)C(N)=O)cc(=O)oc2c1. The lowest BCUT2D eigenvalue weighted by molar-refractivity contribution is -0.129. The first-order valence-electron chi connectivity index (χ1n) is 8.37. The number of methoxy groups -OCH3 is 1. The lowest BCUT2D eigenvalue weighted by Gasteiger charge is -2.19. The predicted octanol–water partition coefficient (Wildman–Crippen LogP) is -0.407. The first-order valence-corrected chi connectivity index (χ1v) is 8.37. The van der Waals surface area contributed by atoms with Gasteiger partial charge in [0.15, 0.2) is 0 Å². The molecule has 9 nitrogen and oxygen atoms in total. The predicted molar refractivity (Wildman–Crippen MR) is 95.0 cm³/mol. The Kier molecular flexibility index (Phi) is 5.11. The Balaban J connectivity index is 1.86. The van der Waals surface area contributed by atoms with Crippen molar-refractivity contribution in [2.45, 2.75) is 31.3 Å². The Labute approximate surface area is 153 Å². The maximum atomic E-state index is 12.3. The van der Waals surface area contributed by atoms with Crippen LogP contribution in [0.15, 0.2) is 33.5 Å². The monoisotopic (exact) mass is 373 g/mol. The number of amides is 3. The second-order valence-corrected chi connectivity index (χ2v) is 6.28. The van der Waals surface area contributed by atoms with Crippen molar-refractivity contribution in [3.8, 4) is 5.75 Å². The average molecular weight is 373 g/mol. The molecule has 3 rings (SSSR count). The topological polar surface area (TPSA) is 141 Å². The second-order valence-electron chi connectivity index (χ2n) is 6.28. The minimum Gasteiger partial charge on any atom is -0.497 e. The molecule has 2 atom stereocenters. The van der Waals surface area contributed by atoms with Crippen molar-refractivity contribution in [1.82, 2.24) is 10.6 Å². The standard InChI is InChI=1S/C18H19N3O6/c1-26-10-2-3-11-9(7-16(23)27-14(11)8-10)6-13(17(19)24)21-18(25)12-4-5-15(22)20-12/h2-3,7-8,12-13H,4-6H2,1H3,(H2,19,24)(H,20,22)(H,21,25)/t12-,13+/m0/s1. The Morgan fingerprint density at radius 3 is 2.78 bits per heavy atom. The second kappa shape index (κ2) is 7.48. The van der Waals surface area contributed by atoms with Crippen molar-refractivity contribution >= 4 is 28.7 Å². The summed E-state index contributed by atoms with van der Waals surface area (Å²) in [6, 6.07) is 4.48. The maximum Gasteiger partial charge on any atom is 0.336 e. The number of hydrogen-bond donors (Lipinski definition) is 3. The van der Waals surface area contributed by atoms with Gasteiger partial charge in [-0.1, -0.05) is 0 Å². The molecule has 0 radical (unpaired) electrons. The molecule has 0 unspecified atom stereocenters. The highest BCUT2D eigenvalue weighted by atomic mass is 16.5. The van der Waals surface area contributed by atoms with Crippen LogP contribution in [0, 0.1) is 0 Å². The fourth-order valence-electron chi connectivity index (χ4n) is 3.03. The largest absolute Gasteiger partial charge is 0.497 e. The molecule has 0 bridgehead atoms. The van der Waals surface area contributed by atoms with Gasteiger partial charge in [0, 0.05) is 30.4 Å². The van der Waals surface area contributed by atoms with Gasteiger partial charge in [0.05, 0.1) is 7.11 Å². The van der Waals surface area contributed by atoms with Crippen LogP contribution in [0.5, 0.6) is 5.75 Å². The first-order chi connectivity index (χ1) is 12.9. The van der Waals surface area contributed by atoms with E-state index in [0.717, 1.165) is 0 Å². The van der Waals surface area contributed by atoms with E-state index in [4.69, 9.17) is 14.9 Å². The molecule has 2 heterocycles. The third-order valence-electron chi connectivity index (χ3n) is 4.43. The summed E-state index contributed by atoms with van der Waals surface area (Å²) in [5, 5.41) is 5.68. The van der Waals surface area contributed by atoms with Gasteiger partial charge in [-0.05, 0) is 24.1 Å². The normalized spacial score (nSPS) is 17.4. The van der Waals surface area contributed by atoms with E-state index in [-0.39, 0.29) is 18.7 Å². The smallest absolute Gasteiger partial charge is 0.336 e. The number of nitrogens with two attached hydrogens (primary N) is 1. The van der Waals surface area contributed by atoms with Gasteiger partial charge in [-0.3, -0.25) is 14.4 Å². The van der Waals surface area contributed by atoms with Crippen molar-refractivity contribution in [1.29, 1.82) is 0 Å². The number of nitrogens with one attached hydrogen (secondary N) is 2. The number of benzene rings is 1. The summed E-state index contributed by atoms with van der Waals surface area (Å²) in [7, 11) is 1.49. The zero-order valence-corrected chi connectivity index (χ0v) is 14.6. The third-order valence-corrected chi connectivity index (χ3v) is 4.43. The number of primary amides is 1. The van der Waals surface area contributed by atoms with Crippen LogP contribution < -0.4 is 26.7 Å². The molecular weight excluding hydrogens is 354 g/mol. The summed E-state index contributed by atoms with van der Waals surface area (Å²) in [4.78, 5) is 47.2. The van der Waals surface area contributed by atoms with Crippen LogP contribution in [0.3, 0.4) is 0 Å². The van der Waals surface area contributed by atoms with Crippen LogP contribution in [-0.2, 0) is 20.8 Å². The molecule has 1 saturated heterocycles. The molecular formula is C18H19N3O6. The molecule has 9 heteroatoms. The van der Waals surface area contributed by atoms with Gasteiger partial charge in [0.1, 0.15) is 23.4 Å². The van der Waals surface area contributed by atoms with E-state index in [1.165, 1.54) is 13.2 Å². The van der Waals surface area contributed by atoms with E-state index in [0.29, 0.717) is 28.7 Å². The van der Waals surface area contributed by atoms with Gasteiger partial charge in [0.25, 0.3) is 0 Å². The van der Waals surface area contributed by atoms with Gasteiger partial charge >= 0.3 is 5.63 Å². The third kappa shape index (κ3) is 4.08. The fraction of sp³-hybridized carbons (Fsp3) is 0.333.